The summed E-state index contributed by atoms with van der Waals surface area (Å²) in [7, 11) is 0. The first-order chi connectivity index (χ1) is 5.95. The highest BCUT2D eigenvalue weighted by atomic mass is 19.4. The van der Waals surface area contributed by atoms with Crippen molar-refractivity contribution in [2.45, 2.75) is 32.4 Å². The lowest BCUT2D eigenvalue weighted by Gasteiger charge is -2.12. The van der Waals surface area contributed by atoms with Crippen molar-refractivity contribution < 1.29 is 17.6 Å². The average molecular weight is 192 g/mol. The number of hydrogen-bond acceptors (Lipinski definition) is 1. The maximum atomic E-state index is 12.2. The van der Waals surface area contributed by atoms with Crippen molar-refractivity contribution in [1.82, 2.24) is 0 Å². The van der Waals surface area contributed by atoms with E-state index in [2.05, 4.69) is 0 Å². The molecule has 1 nitrogen and oxygen atoms in total. The van der Waals surface area contributed by atoms with Crippen molar-refractivity contribution in [2.24, 2.45) is 0 Å². The highest BCUT2D eigenvalue weighted by Crippen LogP contribution is 2.34. The fraction of sp³-hybridized carbons (Fsp3) is 0.556. The molecule has 0 amide bonds. The minimum atomic E-state index is -4.22. The van der Waals surface area contributed by atoms with Crippen molar-refractivity contribution in [2.75, 3.05) is 0 Å². The second-order valence-corrected chi connectivity index (χ2v) is 2.97. The second kappa shape index (κ2) is 3.44. The smallest absolute Gasteiger partial charge is 0.398 e. The third-order valence-corrected chi connectivity index (χ3v) is 2.00. The number of furan rings is 1. The van der Waals surface area contributed by atoms with Gasteiger partial charge < -0.3 is 4.42 Å². The van der Waals surface area contributed by atoms with Crippen LogP contribution in [0.3, 0.4) is 0 Å². The van der Waals surface area contributed by atoms with Gasteiger partial charge in [-0.05, 0) is 25.0 Å². The van der Waals surface area contributed by atoms with Gasteiger partial charge in [-0.15, -0.1) is 0 Å². The van der Waals surface area contributed by atoms with Crippen molar-refractivity contribution in [3.63, 3.8) is 0 Å². The third-order valence-electron chi connectivity index (χ3n) is 2.00. The summed E-state index contributed by atoms with van der Waals surface area (Å²) in [6.07, 6.45) is -2.16. The zero-order valence-corrected chi connectivity index (χ0v) is 7.48. The monoisotopic (exact) mass is 192 g/mol. The predicted molar refractivity (Wildman–Crippen MR) is 42.6 cm³/mol. The molecule has 0 aliphatic rings. The second-order valence-electron chi connectivity index (χ2n) is 2.97. The molecule has 74 valence electrons. The molecule has 0 unspecified atom stereocenters. The van der Waals surface area contributed by atoms with Gasteiger partial charge in [0.25, 0.3) is 0 Å². The molecule has 13 heavy (non-hydrogen) atoms. The molecule has 0 spiro atoms. The Morgan fingerprint density at radius 2 is 2.08 bits per heavy atom. The maximum absolute atomic E-state index is 12.2. The summed E-state index contributed by atoms with van der Waals surface area (Å²) in [5.74, 6) is -1.53. The molecule has 0 aliphatic carbocycles. The Balaban J connectivity index is 2.83. The van der Waals surface area contributed by atoms with E-state index in [0.717, 1.165) is 12.5 Å². The van der Waals surface area contributed by atoms with Gasteiger partial charge in [0.05, 0.1) is 6.26 Å². The molecule has 0 bridgehead atoms. The molecule has 0 radical (unpaired) electrons. The first-order valence-corrected chi connectivity index (χ1v) is 4.09. The highest BCUT2D eigenvalue weighted by Gasteiger charge is 2.39. The van der Waals surface area contributed by atoms with E-state index in [0.29, 0.717) is 6.42 Å². The van der Waals surface area contributed by atoms with Crippen LogP contribution >= 0.6 is 0 Å². The normalized spacial score (nSPS) is 14.5. The van der Waals surface area contributed by atoms with Crippen LogP contribution in [-0.4, -0.2) is 6.18 Å². The van der Waals surface area contributed by atoms with Gasteiger partial charge in [0.15, 0.2) is 0 Å². The third kappa shape index (κ3) is 2.26. The van der Waals surface area contributed by atoms with Crippen LogP contribution in [0.2, 0.25) is 0 Å². The van der Waals surface area contributed by atoms with Crippen molar-refractivity contribution in [3.05, 3.63) is 23.7 Å². The molecule has 1 aromatic heterocycles. The Bertz CT molecular complexity index is 275. The number of alkyl halides is 3. The molecule has 1 heterocycles. The molecule has 0 aliphatic heterocycles. The predicted octanol–water partition coefficient (Wildman–Crippen LogP) is 3.51. The first-order valence-electron chi connectivity index (χ1n) is 4.09. The van der Waals surface area contributed by atoms with E-state index in [9.17, 15) is 13.2 Å². The number of rotatable bonds is 2. The topological polar surface area (TPSA) is 13.1 Å². The van der Waals surface area contributed by atoms with Crippen LogP contribution in [0.15, 0.2) is 16.7 Å². The van der Waals surface area contributed by atoms with Gasteiger partial charge in [0.1, 0.15) is 11.7 Å². The lowest BCUT2D eigenvalue weighted by Crippen LogP contribution is -2.16. The minimum Gasteiger partial charge on any atom is -0.468 e. The lowest BCUT2D eigenvalue weighted by atomic mass is 10.1. The average Bonchev–Trinajstić information content (AvgIpc) is 2.48. The van der Waals surface area contributed by atoms with Crippen molar-refractivity contribution in [3.8, 4) is 0 Å². The van der Waals surface area contributed by atoms with Crippen LogP contribution in [-0.2, 0) is 6.42 Å². The van der Waals surface area contributed by atoms with Crippen LogP contribution in [0.1, 0.15) is 31.1 Å². The Labute approximate surface area is 74.5 Å². The van der Waals surface area contributed by atoms with E-state index in [4.69, 9.17) is 4.42 Å². The molecule has 1 aromatic rings. The summed E-state index contributed by atoms with van der Waals surface area (Å²) < 4.78 is 41.4. The highest BCUT2D eigenvalue weighted by molar-refractivity contribution is 5.16. The van der Waals surface area contributed by atoms with Gasteiger partial charge in [-0.1, -0.05) is 6.92 Å². The van der Waals surface area contributed by atoms with Crippen molar-refractivity contribution >= 4 is 0 Å². The summed E-state index contributed by atoms with van der Waals surface area (Å²) in [6.45, 7) is 2.96. The Hall–Kier alpha value is -0.930. The van der Waals surface area contributed by atoms with Gasteiger partial charge in [-0.25, -0.2) is 0 Å². The molecular weight excluding hydrogens is 181 g/mol. The SMILES string of the molecule is CCc1coc([C@H](C)C(F)(F)F)c1. The molecule has 0 saturated heterocycles. The summed E-state index contributed by atoms with van der Waals surface area (Å²) in [6, 6.07) is 1.46. The number of aryl methyl sites for hydroxylation is 1. The lowest BCUT2D eigenvalue weighted by molar-refractivity contribution is -0.149. The summed E-state index contributed by atoms with van der Waals surface area (Å²) in [5.41, 5.74) is 0.797. The maximum Gasteiger partial charge on any atom is 0.398 e. The quantitative estimate of drug-likeness (QED) is 0.698. The summed E-state index contributed by atoms with van der Waals surface area (Å²) in [5, 5.41) is 0. The molecule has 1 atom stereocenters. The van der Waals surface area contributed by atoms with Gasteiger partial charge in [-0.2, -0.15) is 13.2 Å². The number of halogens is 3. The molecule has 1 rings (SSSR count). The molecule has 4 heteroatoms. The number of hydrogen-bond donors (Lipinski definition) is 0. The Morgan fingerprint density at radius 3 is 2.46 bits per heavy atom. The molecular formula is C9H11F3O. The fourth-order valence-electron chi connectivity index (χ4n) is 0.968. The van der Waals surface area contributed by atoms with E-state index < -0.39 is 12.1 Å². The van der Waals surface area contributed by atoms with Gasteiger partial charge in [-0.3, -0.25) is 0 Å². The molecule has 0 aromatic carbocycles. The van der Waals surface area contributed by atoms with Crippen LogP contribution in [0.25, 0.3) is 0 Å². The van der Waals surface area contributed by atoms with E-state index in [1.807, 2.05) is 6.92 Å². The standard InChI is InChI=1S/C9H11F3O/c1-3-7-4-8(13-5-7)6(2)9(10,11)12/h4-6H,3H2,1-2H3/t6-/m0/s1. The Kier molecular flexibility index (Phi) is 2.68. The first kappa shape index (κ1) is 10.2. The van der Waals surface area contributed by atoms with Crippen LogP contribution in [0.4, 0.5) is 13.2 Å². The molecule has 0 saturated carbocycles. The largest absolute Gasteiger partial charge is 0.468 e. The summed E-state index contributed by atoms with van der Waals surface area (Å²) >= 11 is 0. The summed E-state index contributed by atoms with van der Waals surface area (Å²) in [4.78, 5) is 0. The van der Waals surface area contributed by atoms with Gasteiger partial charge in [0, 0.05) is 0 Å². The van der Waals surface area contributed by atoms with E-state index in [-0.39, 0.29) is 5.76 Å². The van der Waals surface area contributed by atoms with Gasteiger partial charge in [0.2, 0.25) is 0 Å². The van der Waals surface area contributed by atoms with E-state index in [1.54, 1.807) is 0 Å². The van der Waals surface area contributed by atoms with Gasteiger partial charge >= 0.3 is 6.18 Å². The van der Waals surface area contributed by atoms with E-state index >= 15 is 0 Å². The molecule has 0 fully saturated rings. The zero-order chi connectivity index (χ0) is 10.1. The Morgan fingerprint density at radius 1 is 1.46 bits per heavy atom. The van der Waals surface area contributed by atoms with Crippen molar-refractivity contribution in [1.29, 1.82) is 0 Å². The fourth-order valence-corrected chi connectivity index (χ4v) is 0.968. The van der Waals surface area contributed by atoms with E-state index in [1.165, 1.54) is 12.3 Å². The zero-order valence-electron chi connectivity index (χ0n) is 7.48. The van der Waals surface area contributed by atoms with Crippen LogP contribution < -0.4 is 0 Å². The van der Waals surface area contributed by atoms with Crippen LogP contribution in [0.5, 0.6) is 0 Å². The minimum absolute atomic E-state index is 0.00986. The molecule has 0 N–H and O–H groups in total. The van der Waals surface area contributed by atoms with Crippen LogP contribution in [0, 0.1) is 0 Å².